The molecule has 1 aromatic heterocycles. The highest BCUT2D eigenvalue weighted by Crippen LogP contribution is 2.32. The standard InChI is InChI=1S/C11H17N3O/c1-9(10-2-3-10)13-6-7-14-8-12-5-4-11(14)15/h4-5,8-10,13H,2-3,6-7H2,1H3. The van der Waals surface area contributed by atoms with E-state index in [0.717, 1.165) is 12.5 Å². The molecule has 15 heavy (non-hydrogen) atoms. The van der Waals surface area contributed by atoms with E-state index in [2.05, 4.69) is 17.2 Å². The summed E-state index contributed by atoms with van der Waals surface area (Å²) in [5.74, 6) is 0.857. The summed E-state index contributed by atoms with van der Waals surface area (Å²) in [6.07, 6.45) is 5.81. The molecular formula is C11H17N3O. The molecule has 82 valence electrons. The predicted molar refractivity (Wildman–Crippen MR) is 58.7 cm³/mol. The fourth-order valence-corrected chi connectivity index (χ4v) is 1.72. The van der Waals surface area contributed by atoms with Crippen LogP contribution in [0.3, 0.4) is 0 Å². The number of aromatic nitrogens is 2. The Kier molecular flexibility index (Phi) is 3.16. The van der Waals surface area contributed by atoms with Gasteiger partial charge in [-0.2, -0.15) is 0 Å². The quantitative estimate of drug-likeness (QED) is 0.770. The molecule has 1 fully saturated rings. The Morgan fingerprint density at radius 3 is 3.13 bits per heavy atom. The predicted octanol–water partition coefficient (Wildman–Crippen LogP) is 0.631. The van der Waals surface area contributed by atoms with Crippen LogP contribution in [0.15, 0.2) is 23.4 Å². The smallest absolute Gasteiger partial charge is 0.253 e. The maximum Gasteiger partial charge on any atom is 0.253 e. The first-order valence-corrected chi connectivity index (χ1v) is 5.51. The van der Waals surface area contributed by atoms with Gasteiger partial charge in [0.15, 0.2) is 0 Å². The fraction of sp³-hybridized carbons (Fsp3) is 0.636. The molecule has 0 bridgehead atoms. The number of nitrogens with zero attached hydrogens (tertiary/aromatic N) is 2. The summed E-state index contributed by atoms with van der Waals surface area (Å²) in [6, 6.07) is 2.07. The molecule has 4 heteroatoms. The SMILES string of the molecule is CC(NCCn1cnccc1=O)C1CC1. The van der Waals surface area contributed by atoms with E-state index in [-0.39, 0.29) is 5.56 Å². The van der Waals surface area contributed by atoms with Gasteiger partial charge >= 0.3 is 0 Å². The molecule has 1 unspecified atom stereocenters. The maximum atomic E-state index is 11.3. The van der Waals surface area contributed by atoms with Gasteiger partial charge in [0.2, 0.25) is 0 Å². The lowest BCUT2D eigenvalue weighted by Crippen LogP contribution is -2.33. The van der Waals surface area contributed by atoms with Gasteiger partial charge in [0.1, 0.15) is 0 Å². The third-order valence-corrected chi connectivity index (χ3v) is 2.94. The van der Waals surface area contributed by atoms with E-state index in [0.29, 0.717) is 12.6 Å². The van der Waals surface area contributed by atoms with E-state index in [1.54, 1.807) is 10.9 Å². The van der Waals surface area contributed by atoms with E-state index >= 15 is 0 Å². The van der Waals surface area contributed by atoms with Crippen molar-refractivity contribution < 1.29 is 0 Å². The fourth-order valence-electron chi connectivity index (χ4n) is 1.72. The van der Waals surface area contributed by atoms with Crippen molar-refractivity contribution in [2.24, 2.45) is 5.92 Å². The van der Waals surface area contributed by atoms with Crippen LogP contribution in [0.4, 0.5) is 0 Å². The summed E-state index contributed by atoms with van der Waals surface area (Å²) in [4.78, 5) is 15.3. The van der Waals surface area contributed by atoms with Crippen molar-refractivity contribution in [2.45, 2.75) is 32.4 Å². The van der Waals surface area contributed by atoms with Crippen LogP contribution >= 0.6 is 0 Å². The Morgan fingerprint density at radius 2 is 2.47 bits per heavy atom. The third-order valence-electron chi connectivity index (χ3n) is 2.94. The second kappa shape index (κ2) is 4.57. The molecule has 1 atom stereocenters. The van der Waals surface area contributed by atoms with Crippen LogP contribution in [0.2, 0.25) is 0 Å². The summed E-state index contributed by atoms with van der Waals surface area (Å²) in [7, 11) is 0. The van der Waals surface area contributed by atoms with Crippen LogP contribution in [-0.2, 0) is 6.54 Å². The summed E-state index contributed by atoms with van der Waals surface area (Å²) in [6.45, 7) is 3.75. The second-order valence-corrected chi connectivity index (χ2v) is 4.19. The van der Waals surface area contributed by atoms with Gasteiger partial charge in [0.25, 0.3) is 5.56 Å². The van der Waals surface area contributed by atoms with E-state index in [1.807, 2.05) is 0 Å². The summed E-state index contributed by atoms with van der Waals surface area (Å²) < 4.78 is 1.63. The lowest BCUT2D eigenvalue weighted by atomic mass is 10.2. The lowest BCUT2D eigenvalue weighted by molar-refractivity contribution is 0.470. The Hall–Kier alpha value is -1.16. The van der Waals surface area contributed by atoms with Crippen molar-refractivity contribution in [2.75, 3.05) is 6.54 Å². The normalized spacial score (nSPS) is 17.7. The van der Waals surface area contributed by atoms with Crippen molar-refractivity contribution in [3.05, 3.63) is 28.9 Å². The summed E-state index contributed by atoms with van der Waals surface area (Å²) >= 11 is 0. The summed E-state index contributed by atoms with van der Waals surface area (Å²) in [5.41, 5.74) is 0.0193. The minimum Gasteiger partial charge on any atom is -0.312 e. The van der Waals surface area contributed by atoms with E-state index < -0.39 is 0 Å². The zero-order valence-electron chi connectivity index (χ0n) is 9.02. The molecule has 1 saturated carbocycles. The number of nitrogens with one attached hydrogen (secondary N) is 1. The van der Waals surface area contributed by atoms with Crippen LogP contribution < -0.4 is 10.9 Å². The van der Waals surface area contributed by atoms with Gasteiger partial charge in [-0.1, -0.05) is 0 Å². The largest absolute Gasteiger partial charge is 0.312 e. The highest BCUT2D eigenvalue weighted by molar-refractivity contribution is 4.84. The molecule has 0 spiro atoms. The van der Waals surface area contributed by atoms with Gasteiger partial charge in [-0.05, 0) is 25.7 Å². The third kappa shape index (κ3) is 2.89. The average molecular weight is 207 g/mol. The van der Waals surface area contributed by atoms with Crippen molar-refractivity contribution in [1.82, 2.24) is 14.9 Å². The Balaban J connectivity index is 1.78. The van der Waals surface area contributed by atoms with Gasteiger partial charge in [-0.3, -0.25) is 9.36 Å². The molecule has 1 aromatic rings. The molecule has 1 aliphatic rings. The molecule has 2 rings (SSSR count). The van der Waals surface area contributed by atoms with Crippen molar-refractivity contribution in [3.63, 3.8) is 0 Å². The Bertz CT molecular complexity index is 370. The lowest BCUT2D eigenvalue weighted by Gasteiger charge is -2.12. The first kappa shape index (κ1) is 10.4. The van der Waals surface area contributed by atoms with Gasteiger partial charge in [0, 0.05) is 31.4 Å². The molecule has 1 N–H and O–H groups in total. The highest BCUT2D eigenvalue weighted by Gasteiger charge is 2.27. The van der Waals surface area contributed by atoms with Gasteiger partial charge in [0.05, 0.1) is 6.33 Å². The van der Waals surface area contributed by atoms with Gasteiger partial charge < -0.3 is 5.32 Å². The Morgan fingerprint density at radius 1 is 1.67 bits per heavy atom. The van der Waals surface area contributed by atoms with Crippen LogP contribution in [0.1, 0.15) is 19.8 Å². The van der Waals surface area contributed by atoms with Crippen molar-refractivity contribution in [1.29, 1.82) is 0 Å². The van der Waals surface area contributed by atoms with Crippen LogP contribution in [0, 0.1) is 5.92 Å². The molecule has 0 aliphatic heterocycles. The van der Waals surface area contributed by atoms with Gasteiger partial charge in [-0.15, -0.1) is 0 Å². The average Bonchev–Trinajstić information content (AvgIpc) is 3.04. The van der Waals surface area contributed by atoms with Crippen LogP contribution in [0.5, 0.6) is 0 Å². The maximum absolute atomic E-state index is 11.3. The first-order chi connectivity index (χ1) is 7.27. The number of rotatable bonds is 5. The Labute approximate surface area is 89.3 Å². The number of hydrogen-bond donors (Lipinski definition) is 1. The first-order valence-electron chi connectivity index (χ1n) is 5.51. The van der Waals surface area contributed by atoms with Crippen LogP contribution in [-0.4, -0.2) is 22.1 Å². The molecule has 1 heterocycles. The highest BCUT2D eigenvalue weighted by atomic mass is 16.1. The minimum absolute atomic E-state index is 0.0193. The summed E-state index contributed by atoms with van der Waals surface area (Å²) in [5, 5.41) is 3.43. The monoisotopic (exact) mass is 207 g/mol. The zero-order chi connectivity index (χ0) is 10.7. The topological polar surface area (TPSA) is 46.9 Å². The van der Waals surface area contributed by atoms with Crippen molar-refractivity contribution in [3.8, 4) is 0 Å². The van der Waals surface area contributed by atoms with Crippen molar-refractivity contribution >= 4 is 0 Å². The van der Waals surface area contributed by atoms with Gasteiger partial charge in [-0.25, -0.2) is 4.98 Å². The molecule has 0 aromatic carbocycles. The minimum atomic E-state index is 0.0193. The van der Waals surface area contributed by atoms with Crippen LogP contribution in [0.25, 0.3) is 0 Å². The molecule has 0 saturated heterocycles. The zero-order valence-corrected chi connectivity index (χ0v) is 9.02. The molecule has 0 amide bonds. The second-order valence-electron chi connectivity index (χ2n) is 4.19. The van der Waals surface area contributed by atoms with E-state index in [1.165, 1.54) is 25.1 Å². The molecule has 4 nitrogen and oxygen atoms in total. The van der Waals surface area contributed by atoms with E-state index in [9.17, 15) is 4.79 Å². The number of hydrogen-bond acceptors (Lipinski definition) is 3. The molecule has 1 aliphatic carbocycles. The van der Waals surface area contributed by atoms with E-state index in [4.69, 9.17) is 0 Å². The molecular weight excluding hydrogens is 190 g/mol. The molecule has 0 radical (unpaired) electrons.